The molecular weight excluding hydrogens is 304 g/mol. The van der Waals surface area contributed by atoms with E-state index in [1.54, 1.807) is 0 Å². The molecule has 24 heavy (non-hydrogen) atoms. The molecule has 0 aromatic carbocycles. The van der Waals surface area contributed by atoms with E-state index < -0.39 is 5.41 Å². The first-order valence-corrected chi connectivity index (χ1v) is 9.75. The molecule has 0 spiro atoms. The molecule has 0 atom stereocenters. The van der Waals surface area contributed by atoms with Crippen molar-refractivity contribution >= 4 is 11.9 Å². The number of rotatable bonds is 7. The van der Waals surface area contributed by atoms with Gasteiger partial charge in [-0.2, -0.15) is 0 Å². The highest BCUT2D eigenvalue weighted by atomic mass is 16.5. The Bertz CT molecular complexity index is 454. The van der Waals surface area contributed by atoms with Gasteiger partial charge in [-0.3, -0.25) is 9.59 Å². The molecule has 0 N–H and O–H groups in total. The van der Waals surface area contributed by atoms with Gasteiger partial charge >= 0.3 is 11.9 Å². The molecule has 0 heterocycles. The predicted octanol–water partition coefficient (Wildman–Crippen LogP) is 4.11. The summed E-state index contributed by atoms with van der Waals surface area (Å²) >= 11 is 0. The zero-order valence-corrected chi connectivity index (χ0v) is 15.4. The minimum absolute atomic E-state index is 0.113. The van der Waals surface area contributed by atoms with Crippen LogP contribution >= 0.6 is 0 Å². The Kier molecular flexibility index (Phi) is 5.22. The molecule has 4 heteroatoms. The molecule has 4 rings (SSSR count). The average Bonchev–Trinajstić information content (AvgIpc) is 2.54. The van der Waals surface area contributed by atoms with E-state index in [0.29, 0.717) is 31.3 Å². The van der Waals surface area contributed by atoms with Gasteiger partial charge in [0.2, 0.25) is 0 Å². The number of carbonyl (C=O) groups is 2. The third-order valence-electron chi connectivity index (χ3n) is 6.60. The van der Waals surface area contributed by atoms with E-state index in [0.717, 1.165) is 18.3 Å². The van der Waals surface area contributed by atoms with Crippen molar-refractivity contribution in [1.82, 2.24) is 0 Å². The van der Waals surface area contributed by atoms with Gasteiger partial charge in [0.25, 0.3) is 0 Å². The lowest BCUT2D eigenvalue weighted by Gasteiger charge is -2.53. The number of ether oxygens (including phenoxy) is 2. The average molecular weight is 336 g/mol. The Morgan fingerprint density at radius 2 is 1.58 bits per heavy atom. The van der Waals surface area contributed by atoms with Gasteiger partial charge < -0.3 is 9.47 Å². The smallest absolute Gasteiger partial charge is 0.311 e. The van der Waals surface area contributed by atoms with E-state index in [1.165, 1.54) is 32.1 Å². The van der Waals surface area contributed by atoms with Crippen molar-refractivity contribution in [2.24, 2.45) is 29.1 Å². The summed E-state index contributed by atoms with van der Waals surface area (Å²) in [5.74, 6) is 2.70. The second-order valence-electron chi connectivity index (χ2n) is 8.86. The summed E-state index contributed by atoms with van der Waals surface area (Å²) in [6.45, 7) is 6.05. The SMILES string of the molecule is CCC(C)(C)C(=O)OCCCC(=O)OC1C2CC3CC(C2)CC1C3. The summed E-state index contributed by atoms with van der Waals surface area (Å²) in [6.07, 6.45) is 8.26. The molecule has 4 fully saturated rings. The highest BCUT2D eigenvalue weighted by molar-refractivity contribution is 5.75. The summed E-state index contributed by atoms with van der Waals surface area (Å²) in [6, 6.07) is 0. The second kappa shape index (κ2) is 7.05. The predicted molar refractivity (Wildman–Crippen MR) is 91.2 cm³/mol. The lowest BCUT2D eigenvalue weighted by Crippen LogP contribution is -2.50. The van der Waals surface area contributed by atoms with Crippen LogP contribution in [0.2, 0.25) is 0 Å². The van der Waals surface area contributed by atoms with Crippen molar-refractivity contribution in [1.29, 1.82) is 0 Å². The van der Waals surface area contributed by atoms with E-state index in [9.17, 15) is 9.59 Å². The zero-order chi connectivity index (χ0) is 17.3. The molecule has 0 unspecified atom stereocenters. The summed E-state index contributed by atoms with van der Waals surface area (Å²) in [5, 5.41) is 0. The van der Waals surface area contributed by atoms with E-state index >= 15 is 0 Å². The highest BCUT2D eigenvalue weighted by Gasteiger charge is 2.49. The summed E-state index contributed by atoms with van der Waals surface area (Å²) < 4.78 is 11.1. The lowest BCUT2D eigenvalue weighted by atomic mass is 9.55. The van der Waals surface area contributed by atoms with Crippen LogP contribution in [0.4, 0.5) is 0 Å². The monoisotopic (exact) mass is 336 g/mol. The molecule has 0 aromatic rings. The molecule has 0 aromatic heterocycles. The van der Waals surface area contributed by atoms with Gasteiger partial charge in [0.1, 0.15) is 6.10 Å². The Hall–Kier alpha value is -1.06. The fraction of sp³-hybridized carbons (Fsp3) is 0.900. The first-order chi connectivity index (χ1) is 11.4. The van der Waals surface area contributed by atoms with Crippen LogP contribution in [-0.2, 0) is 19.1 Å². The van der Waals surface area contributed by atoms with Crippen LogP contribution in [0, 0.1) is 29.1 Å². The standard InChI is InChI=1S/C20H32O4/c1-4-20(2,3)19(22)23-7-5-6-17(21)24-18-15-9-13-8-14(11-15)12-16(18)10-13/h13-16,18H,4-12H2,1-3H3. The molecule has 4 bridgehead atoms. The maximum Gasteiger partial charge on any atom is 0.311 e. The summed E-state index contributed by atoms with van der Waals surface area (Å²) in [5.41, 5.74) is -0.444. The Labute approximate surface area is 145 Å². The summed E-state index contributed by atoms with van der Waals surface area (Å²) in [7, 11) is 0. The van der Waals surface area contributed by atoms with Crippen LogP contribution in [0.5, 0.6) is 0 Å². The third-order valence-corrected chi connectivity index (χ3v) is 6.60. The molecule has 4 aliphatic rings. The second-order valence-corrected chi connectivity index (χ2v) is 8.86. The fourth-order valence-electron chi connectivity index (χ4n) is 5.00. The van der Waals surface area contributed by atoms with E-state index in [-0.39, 0.29) is 18.0 Å². The van der Waals surface area contributed by atoms with E-state index in [4.69, 9.17) is 9.47 Å². The first-order valence-electron chi connectivity index (χ1n) is 9.75. The molecule has 0 aliphatic heterocycles. The molecule has 136 valence electrons. The lowest BCUT2D eigenvalue weighted by molar-refractivity contribution is -0.171. The van der Waals surface area contributed by atoms with Crippen LogP contribution in [0.3, 0.4) is 0 Å². The van der Waals surface area contributed by atoms with Crippen molar-refractivity contribution in [2.45, 2.75) is 78.2 Å². The van der Waals surface area contributed by atoms with Gasteiger partial charge in [0.15, 0.2) is 0 Å². The topological polar surface area (TPSA) is 52.6 Å². The Morgan fingerprint density at radius 1 is 1.00 bits per heavy atom. The van der Waals surface area contributed by atoms with E-state index in [2.05, 4.69) is 0 Å². The van der Waals surface area contributed by atoms with Gasteiger partial charge in [0, 0.05) is 6.42 Å². The largest absolute Gasteiger partial charge is 0.465 e. The van der Waals surface area contributed by atoms with Crippen molar-refractivity contribution in [3.63, 3.8) is 0 Å². The maximum atomic E-state index is 12.2. The maximum absolute atomic E-state index is 12.2. The minimum atomic E-state index is -0.444. The molecule has 4 aliphatic carbocycles. The molecule has 0 amide bonds. The Morgan fingerprint density at radius 3 is 2.12 bits per heavy atom. The van der Waals surface area contributed by atoms with Crippen LogP contribution in [0.25, 0.3) is 0 Å². The molecular formula is C20H32O4. The van der Waals surface area contributed by atoms with Crippen molar-refractivity contribution in [2.75, 3.05) is 6.61 Å². The first kappa shape index (κ1) is 17.8. The van der Waals surface area contributed by atoms with Crippen LogP contribution in [0.15, 0.2) is 0 Å². The number of esters is 2. The Balaban J connectivity index is 1.37. The normalized spacial score (nSPS) is 34.2. The molecule has 4 saturated carbocycles. The number of hydrogen-bond acceptors (Lipinski definition) is 4. The summed E-state index contributed by atoms with van der Waals surface area (Å²) in [4.78, 5) is 24.1. The van der Waals surface area contributed by atoms with Crippen molar-refractivity contribution in [3.05, 3.63) is 0 Å². The molecule has 0 saturated heterocycles. The fourth-order valence-corrected chi connectivity index (χ4v) is 5.00. The van der Waals surface area contributed by atoms with Crippen LogP contribution in [0.1, 0.15) is 72.1 Å². The van der Waals surface area contributed by atoms with Crippen molar-refractivity contribution < 1.29 is 19.1 Å². The zero-order valence-electron chi connectivity index (χ0n) is 15.4. The van der Waals surface area contributed by atoms with Gasteiger partial charge in [-0.1, -0.05) is 6.92 Å². The highest BCUT2D eigenvalue weighted by Crippen LogP contribution is 2.54. The van der Waals surface area contributed by atoms with Crippen molar-refractivity contribution in [3.8, 4) is 0 Å². The third kappa shape index (κ3) is 3.78. The van der Waals surface area contributed by atoms with Gasteiger partial charge in [-0.05, 0) is 82.5 Å². The van der Waals surface area contributed by atoms with Crippen LogP contribution < -0.4 is 0 Å². The minimum Gasteiger partial charge on any atom is -0.465 e. The molecule has 4 nitrogen and oxygen atoms in total. The van der Waals surface area contributed by atoms with Gasteiger partial charge in [-0.25, -0.2) is 0 Å². The number of hydrogen-bond donors (Lipinski definition) is 0. The van der Waals surface area contributed by atoms with Gasteiger partial charge in [-0.15, -0.1) is 0 Å². The molecule has 0 radical (unpaired) electrons. The van der Waals surface area contributed by atoms with E-state index in [1.807, 2.05) is 20.8 Å². The van der Waals surface area contributed by atoms with Crippen LogP contribution in [-0.4, -0.2) is 24.6 Å². The quantitative estimate of drug-likeness (QED) is 0.518. The number of carbonyl (C=O) groups excluding carboxylic acids is 2. The van der Waals surface area contributed by atoms with Gasteiger partial charge in [0.05, 0.1) is 12.0 Å².